The fraction of sp³-hybridized carbons (Fsp3) is 0.412. The van der Waals surface area contributed by atoms with Crippen molar-refractivity contribution >= 4 is 11.8 Å². The van der Waals surface area contributed by atoms with Gasteiger partial charge in [0.25, 0.3) is 0 Å². The number of carboxylic acids is 1. The number of nitrogens with zero attached hydrogens (tertiary/aromatic N) is 2. The fourth-order valence-electron chi connectivity index (χ4n) is 2.33. The van der Waals surface area contributed by atoms with E-state index in [2.05, 4.69) is 17.3 Å². The van der Waals surface area contributed by atoms with Gasteiger partial charge in [0, 0.05) is 19.2 Å². The van der Waals surface area contributed by atoms with Crippen LogP contribution in [-0.4, -0.2) is 29.3 Å². The Morgan fingerprint density at radius 2 is 2.09 bits per heavy atom. The molecule has 1 N–H and O–H groups in total. The quantitative estimate of drug-likeness (QED) is 0.811. The SMILES string of the molecule is Cc1cc(N(CCCc2ccccc2)CC(C)C(=O)O)no1. The van der Waals surface area contributed by atoms with Crippen molar-refractivity contribution in [3.8, 4) is 0 Å². The minimum Gasteiger partial charge on any atom is -0.481 e. The van der Waals surface area contributed by atoms with Crippen LogP contribution in [0.1, 0.15) is 24.7 Å². The summed E-state index contributed by atoms with van der Waals surface area (Å²) in [7, 11) is 0. The number of hydrogen-bond donors (Lipinski definition) is 1. The summed E-state index contributed by atoms with van der Waals surface area (Å²) < 4.78 is 5.11. The molecule has 1 atom stereocenters. The molecule has 1 aromatic carbocycles. The molecule has 0 saturated carbocycles. The third-order valence-electron chi connectivity index (χ3n) is 3.59. The number of aromatic nitrogens is 1. The summed E-state index contributed by atoms with van der Waals surface area (Å²) in [6, 6.07) is 12.1. The van der Waals surface area contributed by atoms with E-state index in [1.165, 1.54) is 5.56 Å². The summed E-state index contributed by atoms with van der Waals surface area (Å²) in [5.41, 5.74) is 1.28. The molecule has 0 spiro atoms. The summed E-state index contributed by atoms with van der Waals surface area (Å²) in [5.74, 6) is 0.187. The lowest BCUT2D eigenvalue weighted by molar-refractivity contribution is -0.140. The van der Waals surface area contributed by atoms with E-state index in [9.17, 15) is 4.79 Å². The second-order valence-electron chi connectivity index (χ2n) is 5.57. The van der Waals surface area contributed by atoms with Crippen molar-refractivity contribution in [2.75, 3.05) is 18.0 Å². The fourth-order valence-corrected chi connectivity index (χ4v) is 2.33. The number of benzene rings is 1. The maximum atomic E-state index is 11.1. The molecule has 2 rings (SSSR count). The van der Waals surface area contributed by atoms with Crippen molar-refractivity contribution < 1.29 is 14.4 Å². The minimum absolute atomic E-state index is 0.427. The molecule has 2 aromatic rings. The Morgan fingerprint density at radius 3 is 2.68 bits per heavy atom. The second kappa shape index (κ2) is 7.64. The zero-order valence-electron chi connectivity index (χ0n) is 13.0. The average Bonchev–Trinajstić information content (AvgIpc) is 2.93. The number of aryl methyl sites for hydroxylation is 2. The van der Waals surface area contributed by atoms with Gasteiger partial charge in [-0.2, -0.15) is 0 Å². The Balaban J connectivity index is 1.96. The van der Waals surface area contributed by atoms with Gasteiger partial charge in [-0.1, -0.05) is 42.4 Å². The number of rotatable bonds is 8. The van der Waals surface area contributed by atoms with Crippen LogP contribution in [0.25, 0.3) is 0 Å². The van der Waals surface area contributed by atoms with Crippen molar-refractivity contribution in [1.29, 1.82) is 0 Å². The van der Waals surface area contributed by atoms with E-state index in [4.69, 9.17) is 9.63 Å². The molecule has 0 aliphatic carbocycles. The maximum Gasteiger partial charge on any atom is 0.308 e. The molecule has 0 fully saturated rings. The van der Waals surface area contributed by atoms with Crippen LogP contribution in [0.3, 0.4) is 0 Å². The van der Waals surface area contributed by atoms with Crippen LogP contribution >= 0.6 is 0 Å². The highest BCUT2D eigenvalue weighted by atomic mass is 16.5. The highest BCUT2D eigenvalue weighted by Gasteiger charge is 2.18. The first-order valence-corrected chi connectivity index (χ1v) is 7.51. The Hall–Kier alpha value is -2.30. The monoisotopic (exact) mass is 302 g/mol. The van der Waals surface area contributed by atoms with Gasteiger partial charge in [0.05, 0.1) is 5.92 Å². The van der Waals surface area contributed by atoms with E-state index in [1.54, 1.807) is 6.92 Å². The smallest absolute Gasteiger partial charge is 0.308 e. The van der Waals surface area contributed by atoms with Crippen LogP contribution in [-0.2, 0) is 11.2 Å². The Labute approximate surface area is 130 Å². The zero-order chi connectivity index (χ0) is 15.9. The Bertz CT molecular complexity index is 595. The summed E-state index contributed by atoms with van der Waals surface area (Å²) in [4.78, 5) is 13.1. The number of carbonyl (C=O) groups is 1. The van der Waals surface area contributed by atoms with E-state index >= 15 is 0 Å². The largest absolute Gasteiger partial charge is 0.481 e. The van der Waals surface area contributed by atoms with Crippen molar-refractivity contribution in [2.45, 2.75) is 26.7 Å². The molecule has 1 unspecified atom stereocenters. The van der Waals surface area contributed by atoms with E-state index in [0.717, 1.165) is 25.1 Å². The molecule has 22 heavy (non-hydrogen) atoms. The first-order valence-electron chi connectivity index (χ1n) is 7.51. The molecule has 0 bridgehead atoms. The van der Waals surface area contributed by atoms with Crippen molar-refractivity contribution in [3.05, 3.63) is 47.7 Å². The first-order chi connectivity index (χ1) is 10.6. The van der Waals surface area contributed by atoms with Crippen LogP contribution in [0, 0.1) is 12.8 Å². The van der Waals surface area contributed by atoms with Crippen LogP contribution in [0.5, 0.6) is 0 Å². The molecule has 0 aliphatic heterocycles. The van der Waals surface area contributed by atoms with Gasteiger partial charge in [0.2, 0.25) is 0 Å². The number of anilines is 1. The lowest BCUT2D eigenvalue weighted by Crippen LogP contribution is -2.33. The van der Waals surface area contributed by atoms with Gasteiger partial charge in [0.15, 0.2) is 5.82 Å². The normalized spacial score (nSPS) is 12.1. The summed E-state index contributed by atoms with van der Waals surface area (Å²) in [6.45, 7) is 4.72. The topological polar surface area (TPSA) is 66.6 Å². The molecule has 5 heteroatoms. The molecule has 0 saturated heterocycles. The molecular formula is C17H22N2O3. The predicted octanol–water partition coefficient (Wildman–Crippen LogP) is 3.14. The van der Waals surface area contributed by atoms with Crippen molar-refractivity contribution in [1.82, 2.24) is 5.16 Å². The number of hydrogen-bond acceptors (Lipinski definition) is 4. The highest BCUT2D eigenvalue weighted by Crippen LogP contribution is 2.17. The predicted molar refractivity (Wildman–Crippen MR) is 85.0 cm³/mol. The van der Waals surface area contributed by atoms with E-state index in [-0.39, 0.29) is 0 Å². The van der Waals surface area contributed by atoms with E-state index in [1.807, 2.05) is 36.1 Å². The van der Waals surface area contributed by atoms with Crippen molar-refractivity contribution in [3.63, 3.8) is 0 Å². The summed E-state index contributed by atoms with van der Waals surface area (Å²) in [5, 5.41) is 13.1. The van der Waals surface area contributed by atoms with Gasteiger partial charge in [-0.3, -0.25) is 4.79 Å². The van der Waals surface area contributed by atoms with Gasteiger partial charge in [-0.25, -0.2) is 0 Å². The Morgan fingerprint density at radius 1 is 1.36 bits per heavy atom. The summed E-state index contributed by atoms with van der Waals surface area (Å²) >= 11 is 0. The molecular weight excluding hydrogens is 280 g/mol. The second-order valence-corrected chi connectivity index (χ2v) is 5.57. The van der Waals surface area contributed by atoms with Gasteiger partial charge in [-0.15, -0.1) is 0 Å². The molecule has 1 heterocycles. The van der Waals surface area contributed by atoms with Crippen molar-refractivity contribution in [2.24, 2.45) is 5.92 Å². The number of aliphatic carboxylic acids is 1. The molecule has 1 aromatic heterocycles. The van der Waals surface area contributed by atoms with Gasteiger partial charge >= 0.3 is 5.97 Å². The summed E-state index contributed by atoms with van der Waals surface area (Å²) in [6.07, 6.45) is 1.89. The van der Waals surface area contributed by atoms with E-state index < -0.39 is 11.9 Å². The Kier molecular flexibility index (Phi) is 5.58. The van der Waals surface area contributed by atoms with Crippen LogP contribution in [0.2, 0.25) is 0 Å². The van der Waals surface area contributed by atoms with Crippen LogP contribution in [0.15, 0.2) is 40.9 Å². The van der Waals surface area contributed by atoms with Gasteiger partial charge in [-0.05, 0) is 25.3 Å². The lowest BCUT2D eigenvalue weighted by atomic mass is 10.1. The molecule has 0 aliphatic rings. The standard InChI is InChI=1S/C17H22N2O3/c1-13(17(20)21)12-19(16-11-14(2)22-18-16)10-6-9-15-7-4-3-5-8-15/h3-5,7-8,11,13H,6,9-10,12H2,1-2H3,(H,20,21). The first kappa shape index (κ1) is 16.1. The lowest BCUT2D eigenvalue weighted by Gasteiger charge is -2.23. The molecule has 5 nitrogen and oxygen atoms in total. The van der Waals surface area contributed by atoms with Crippen LogP contribution < -0.4 is 4.90 Å². The average molecular weight is 302 g/mol. The minimum atomic E-state index is -0.798. The highest BCUT2D eigenvalue weighted by molar-refractivity contribution is 5.70. The zero-order valence-corrected chi connectivity index (χ0v) is 13.0. The van der Waals surface area contributed by atoms with Gasteiger partial charge < -0.3 is 14.5 Å². The molecule has 0 amide bonds. The third kappa shape index (κ3) is 4.62. The molecule has 118 valence electrons. The number of carboxylic acid groups (broad SMARTS) is 1. The van der Waals surface area contributed by atoms with E-state index in [0.29, 0.717) is 12.4 Å². The maximum absolute atomic E-state index is 11.1. The van der Waals surface area contributed by atoms with Crippen LogP contribution in [0.4, 0.5) is 5.82 Å². The molecule has 0 radical (unpaired) electrons. The third-order valence-corrected chi connectivity index (χ3v) is 3.59. The van der Waals surface area contributed by atoms with Gasteiger partial charge in [0.1, 0.15) is 5.76 Å².